The van der Waals surface area contributed by atoms with Crippen molar-refractivity contribution in [2.45, 2.75) is 26.3 Å². The second kappa shape index (κ2) is 15.8. The number of benzene rings is 2. The number of hydrogen-bond donors (Lipinski definition) is 2. The Bertz CT molecular complexity index is 1860. The molecule has 0 unspecified atom stereocenters. The molecule has 0 aliphatic carbocycles. The van der Waals surface area contributed by atoms with Crippen LogP contribution in [0.3, 0.4) is 0 Å². The summed E-state index contributed by atoms with van der Waals surface area (Å²) in [6.07, 6.45) is 2.00. The van der Waals surface area contributed by atoms with Crippen LogP contribution in [0.25, 0.3) is 11.0 Å². The van der Waals surface area contributed by atoms with E-state index in [1.165, 1.54) is 4.90 Å². The first-order valence-corrected chi connectivity index (χ1v) is 16.9. The van der Waals surface area contributed by atoms with Crippen molar-refractivity contribution in [3.05, 3.63) is 83.8 Å². The summed E-state index contributed by atoms with van der Waals surface area (Å²) in [5.41, 5.74) is 9.07. The molecule has 47 heavy (non-hydrogen) atoms. The van der Waals surface area contributed by atoms with Gasteiger partial charge in [0.1, 0.15) is 27.3 Å². The minimum absolute atomic E-state index is 0.0275. The normalized spacial score (nSPS) is 11.7. The van der Waals surface area contributed by atoms with Gasteiger partial charge in [0.2, 0.25) is 0 Å². The lowest BCUT2D eigenvalue weighted by molar-refractivity contribution is -0.142. The van der Waals surface area contributed by atoms with Gasteiger partial charge in [0.05, 0.1) is 43.0 Å². The van der Waals surface area contributed by atoms with Crippen LogP contribution in [0.4, 0.5) is 16.3 Å². The third-order valence-corrected chi connectivity index (χ3v) is 7.99. The Labute approximate surface area is 272 Å². The van der Waals surface area contributed by atoms with Crippen LogP contribution in [0, 0.1) is 0 Å². The molecule has 0 aliphatic heterocycles. The van der Waals surface area contributed by atoms with Gasteiger partial charge in [-0.25, -0.2) is 23.2 Å². The number of nitrogens with one attached hydrogen (secondary N) is 1. The Balaban J connectivity index is 1.40. The van der Waals surface area contributed by atoms with Gasteiger partial charge in [0.25, 0.3) is 5.91 Å². The van der Waals surface area contributed by atoms with Crippen molar-refractivity contribution in [2.75, 3.05) is 42.0 Å². The first-order chi connectivity index (χ1) is 22.4. The molecule has 4 rings (SSSR count). The number of anilines is 2. The quantitative estimate of drug-likeness (QED) is 0.0870. The Kier molecular flexibility index (Phi) is 11.6. The highest BCUT2D eigenvalue weighted by atomic mass is 32.2. The van der Waals surface area contributed by atoms with Gasteiger partial charge in [-0.1, -0.05) is 6.07 Å². The maximum absolute atomic E-state index is 13.6. The van der Waals surface area contributed by atoms with Crippen molar-refractivity contribution in [1.29, 1.82) is 0 Å². The largest absolute Gasteiger partial charge is 0.466 e. The molecular weight excluding hydrogens is 626 g/mol. The number of sulfone groups is 1. The molecule has 2 aromatic heterocycles. The third kappa shape index (κ3) is 9.84. The van der Waals surface area contributed by atoms with Crippen LogP contribution in [0.5, 0.6) is 0 Å². The molecule has 2 aromatic carbocycles. The predicted molar refractivity (Wildman–Crippen MR) is 178 cm³/mol. The number of carbonyl (C=O) groups excluding carboxylic acids is 3. The molecule has 2 heterocycles. The average Bonchev–Trinajstić information content (AvgIpc) is 3.36. The van der Waals surface area contributed by atoms with E-state index in [-0.39, 0.29) is 50.1 Å². The van der Waals surface area contributed by atoms with E-state index < -0.39 is 21.9 Å². The molecule has 248 valence electrons. The molecule has 3 N–H and O–H groups in total. The molecule has 0 bridgehead atoms. The molecule has 14 nitrogen and oxygen atoms in total. The molecule has 15 heteroatoms. The highest BCUT2D eigenvalue weighted by Gasteiger charge is 2.21. The number of aromatic nitrogens is 3. The third-order valence-electron chi connectivity index (χ3n) is 6.96. The number of fused-ring (bicyclic) bond motifs is 1. The maximum atomic E-state index is 13.6. The van der Waals surface area contributed by atoms with Gasteiger partial charge < -0.3 is 25.1 Å². The minimum Gasteiger partial charge on any atom is -0.466 e. The van der Waals surface area contributed by atoms with Crippen molar-refractivity contribution < 1.29 is 32.3 Å². The van der Waals surface area contributed by atoms with Crippen LogP contribution < -0.4 is 16.0 Å². The molecule has 0 aliphatic rings. The van der Waals surface area contributed by atoms with Crippen molar-refractivity contribution in [2.24, 2.45) is 17.8 Å². The van der Waals surface area contributed by atoms with Crippen LogP contribution in [0.1, 0.15) is 41.5 Å². The van der Waals surface area contributed by atoms with Gasteiger partial charge in [-0.2, -0.15) is 4.99 Å². The zero-order chi connectivity index (χ0) is 34.0. The highest BCUT2D eigenvalue weighted by molar-refractivity contribution is 7.90. The standard InChI is InChI=1S/C32H37N7O7S/c1-4-45-29(40)15-17-39(27-8-5-6-16-34-27)31(41)23-11-14-26-25(20-23)36-28(38(26)2)21-35-24-12-9-22(10-13-24)30(33)37-32(42)46-18-7-19-47(3,43)44/h5-6,8-14,16,20,35H,4,7,15,17-19,21H2,1-3H3,(H2,33,37,42). The number of amides is 2. The second-order valence-corrected chi connectivity index (χ2v) is 12.8. The molecule has 0 saturated heterocycles. The Morgan fingerprint density at radius 1 is 1.04 bits per heavy atom. The fraction of sp³-hybridized carbons (Fsp3) is 0.312. The smallest absolute Gasteiger partial charge is 0.435 e. The zero-order valence-electron chi connectivity index (χ0n) is 26.4. The molecule has 2 amide bonds. The number of carbonyl (C=O) groups is 3. The summed E-state index contributed by atoms with van der Waals surface area (Å²) in [4.78, 5) is 51.8. The van der Waals surface area contributed by atoms with E-state index in [1.807, 2.05) is 17.7 Å². The fourth-order valence-corrected chi connectivity index (χ4v) is 5.22. The summed E-state index contributed by atoms with van der Waals surface area (Å²) in [6.45, 7) is 2.39. The molecule has 0 spiro atoms. The lowest BCUT2D eigenvalue weighted by atomic mass is 10.1. The minimum atomic E-state index is -3.14. The van der Waals surface area contributed by atoms with Gasteiger partial charge in [-0.05, 0) is 67.9 Å². The average molecular weight is 664 g/mol. The number of nitrogens with two attached hydrogens (primary N) is 1. The summed E-state index contributed by atoms with van der Waals surface area (Å²) in [5, 5.41) is 3.30. The fourth-order valence-electron chi connectivity index (χ4n) is 4.58. The van der Waals surface area contributed by atoms with Crippen molar-refractivity contribution in [3.8, 4) is 0 Å². The van der Waals surface area contributed by atoms with E-state index in [1.54, 1.807) is 67.7 Å². The van der Waals surface area contributed by atoms with Gasteiger partial charge in [0, 0.05) is 42.9 Å². The van der Waals surface area contributed by atoms with Crippen LogP contribution in [0.2, 0.25) is 0 Å². The number of aryl methyl sites for hydroxylation is 1. The first-order valence-electron chi connectivity index (χ1n) is 14.8. The Hall–Kier alpha value is -5.31. The monoisotopic (exact) mass is 663 g/mol. The number of rotatable bonds is 14. The summed E-state index contributed by atoms with van der Waals surface area (Å²) in [7, 11) is -1.25. The molecule has 0 saturated carbocycles. The Morgan fingerprint density at radius 3 is 2.47 bits per heavy atom. The lowest BCUT2D eigenvalue weighted by Crippen LogP contribution is -2.34. The molecule has 4 aromatic rings. The van der Waals surface area contributed by atoms with Crippen LogP contribution in [-0.2, 0) is 37.7 Å². The van der Waals surface area contributed by atoms with Crippen molar-refractivity contribution in [3.63, 3.8) is 0 Å². The summed E-state index contributed by atoms with van der Waals surface area (Å²) < 4.78 is 34.2. The van der Waals surface area contributed by atoms with Gasteiger partial charge in [-0.3, -0.25) is 14.5 Å². The number of nitrogens with zero attached hydrogens (tertiary/aromatic N) is 5. The number of ether oxygens (including phenoxy) is 2. The number of aliphatic imine (C=N–C) groups is 1. The number of esters is 1. The van der Waals surface area contributed by atoms with Gasteiger partial charge >= 0.3 is 12.1 Å². The van der Waals surface area contributed by atoms with Gasteiger partial charge in [-0.15, -0.1) is 0 Å². The molecule has 0 atom stereocenters. The first kappa shape index (κ1) is 34.6. The van der Waals surface area contributed by atoms with E-state index in [0.29, 0.717) is 29.0 Å². The summed E-state index contributed by atoms with van der Waals surface area (Å²) in [6, 6.07) is 17.4. The van der Waals surface area contributed by atoms with E-state index in [9.17, 15) is 22.8 Å². The zero-order valence-corrected chi connectivity index (χ0v) is 27.2. The summed E-state index contributed by atoms with van der Waals surface area (Å²) >= 11 is 0. The van der Waals surface area contributed by atoms with E-state index >= 15 is 0 Å². The SMILES string of the molecule is CCOC(=O)CCN(C(=O)c1ccc2c(c1)nc(CNc1ccc(/C(N)=N/C(=O)OCCCS(C)(=O)=O)cc1)n2C)c1ccccn1. The number of hydrogen-bond acceptors (Lipinski definition) is 10. The van der Waals surface area contributed by atoms with E-state index in [4.69, 9.17) is 20.2 Å². The number of imidazole rings is 1. The van der Waals surface area contributed by atoms with E-state index in [0.717, 1.165) is 23.3 Å². The number of amidine groups is 1. The van der Waals surface area contributed by atoms with Gasteiger partial charge in [0.15, 0.2) is 0 Å². The highest BCUT2D eigenvalue weighted by Crippen LogP contribution is 2.21. The molecule has 0 fully saturated rings. The summed E-state index contributed by atoms with van der Waals surface area (Å²) in [5.74, 6) is 0.307. The van der Waals surface area contributed by atoms with Crippen molar-refractivity contribution >= 4 is 56.2 Å². The number of pyridine rings is 1. The van der Waals surface area contributed by atoms with E-state index in [2.05, 4.69) is 15.3 Å². The molecular formula is C32H37N7O7S. The van der Waals surface area contributed by atoms with Crippen molar-refractivity contribution in [1.82, 2.24) is 14.5 Å². The van der Waals surface area contributed by atoms with Crippen LogP contribution in [-0.4, -0.2) is 78.5 Å². The maximum Gasteiger partial charge on any atom is 0.435 e. The van der Waals surface area contributed by atoms with Crippen LogP contribution in [0.15, 0.2) is 71.9 Å². The second-order valence-electron chi connectivity index (χ2n) is 10.5. The molecule has 0 radical (unpaired) electrons. The van der Waals surface area contributed by atoms with Crippen LogP contribution >= 0.6 is 0 Å². The topological polar surface area (TPSA) is 188 Å². The lowest BCUT2D eigenvalue weighted by Gasteiger charge is -2.21. The Morgan fingerprint density at radius 2 is 1.79 bits per heavy atom. The predicted octanol–water partition coefficient (Wildman–Crippen LogP) is 3.46.